The lowest BCUT2D eigenvalue weighted by Gasteiger charge is -2.30. The molecule has 0 aromatic rings. The van der Waals surface area contributed by atoms with Gasteiger partial charge in [-0.2, -0.15) is 0 Å². The Morgan fingerprint density at radius 1 is 1.64 bits per heavy atom. The summed E-state index contributed by atoms with van der Waals surface area (Å²) in [4.78, 5) is 0. The van der Waals surface area contributed by atoms with Crippen molar-refractivity contribution < 1.29 is 4.39 Å². The van der Waals surface area contributed by atoms with Gasteiger partial charge < -0.3 is 5.73 Å². The van der Waals surface area contributed by atoms with Gasteiger partial charge in [0, 0.05) is 11.3 Å². The molecule has 82 valence electrons. The first kappa shape index (κ1) is 12.5. The fraction of sp³-hybridized carbons (Fsp3) is 0.800. The van der Waals surface area contributed by atoms with Crippen molar-refractivity contribution >= 4 is 21.0 Å². The number of allylic oxidation sites excluding steroid dienone is 1. The standard InChI is InChI=1S/C10H19FNPS/c1-3-7-4-5-9(8(12)6-7)14-10(2,11)13/h4-5,7-9H,3,6,12-13H2,1-2H3. The molecule has 1 rings (SSSR count). The van der Waals surface area contributed by atoms with E-state index in [1.54, 1.807) is 6.92 Å². The Bertz CT molecular complexity index is 215. The lowest BCUT2D eigenvalue weighted by atomic mass is 9.90. The normalized spacial score (nSPS) is 36.8. The van der Waals surface area contributed by atoms with Crippen LogP contribution in [0, 0.1) is 5.92 Å². The van der Waals surface area contributed by atoms with Crippen molar-refractivity contribution in [3.63, 3.8) is 0 Å². The largest absolute Gasteiger partial charge is 0.326 e. The van der Waals surface area contributed by atoms with Gasteiger partial charge in [0.25, 0.3) is 0 Å². The third kappa shape index (κ3) is 3.88. The maximum Gasteiger partial charge on any atom is 0.166 e. The van der Waals surface area contributed by atoms with Crippen molar-refractivity contribution in [3.05, 3.63) is 12.2 Å². The van der Waals surface area contributed by atoms with Crippen molar-refractivity contribution in [3.8, 4) is 0 Å². The SMILES string of the molecule is CCC1C=CC(SC(C)(F)P)C(N)C1. The molecule has 4 heteroatoms. The molecule has 0 saturated heterocycles. The van der Waals surface area contributed by atoms with E-state index in [0.717, 1.165) is 12.8 Å². The molecule has 2 N–H and O–H groups in total. The van der Waals surface area contributed by atoms with Crippen molar-refractivity contribution in [2.24, 2.45) is 11.7 Å². The van der Waals surface area contributed by atoms with Crippen LogP contribution in [0.15, 0.2) is 12.2 Å². The Labute approximate surface area is 92.3 Å². The Balaban J connectivity index is 2.56. The molecule has 0 saturated carbocycles. The van der Waals surface area contributed by atoms with E-state index in [1.165, 1.54) is 11.8 Å². The molecule has 0 spiro atoms. The van der Waals surface area contributed by atoms with Crippen LogP contribution < -0.4 is 5.73 Å². The minimum atomic E-state index is -1.27. The number of rotatable bonds is 3. The number of alkyl halides is 1. The van der Waals surface area contributed by atoms with Crippen LogP contribution in [0.3, 0.4) is 0 Å². The summed E-state index contributed by atoms with van der Waals surface area (Å²) in [5, 5.41) is 0.116. The van der Waals surface area contributed by atoms with E-state index in [-0.39, 0.29) is 11.3 Å². The summed E-state index contributed by atoms with van der Waals surface area (Å²) in [6.45, 7) is 3.71. The average Bonchev–Trinajstić information content (AvgIpc) is 2.06. The van der Waals surface area contributed by atoms with Crippen molar-refractivity contribution in [1.82, 2.24) is 0 Å². The van der Waals surface area contributed by atoms with Gasteiger partial charge in [-0.15, -0.1) is 11.8 Å². The molecule has 0 aromatic carbocycles. The van der Waals surface area contributed by atoms with Crippen LogP contribution in [-0.4, -0.2) is 16.0 Å². The summed E-state index contributed by atoms with van der Waals surface area (Å²) in [5.41, 5.74) is 6.00. The van der Waals surface area contributed by atoms with Crippen molar-refractivity contribution in [2.75, 3.05) is 0 Å². The first-order valence-corrected chi connectivity index (χ1v) is 6.47. The molecule has 5 atom stereocenters. The Hall–Kier alpha value is 0.410. The Morgan fingerprint density at radius 3 is 2.71 bits per heavy atom. The number of hydrogen-bond donors (Lipinski definition) is 1. The van der Waals surface area contributed by atoms with E-state index in [1.807, 2.05) is 0 Å². The zero-order valence-corrected chi connectivity index (χ0v) is 10.7. The number of hydrogen-bond acceptors (Lipinski definition) is 2. The number of thioether (sulfide) groups is 1. The fourth-order valence-corrected chi connectivity index (χ4v) is 3.13. The van der Waals surface area contributed by atoms with Crippen LogP contribution in [0.1, 0.15) is 26.7 Å². The fourth-order valence-electron chi connectivity index (χ4n) is 1.67. The third-order valence-corrected chi connectivity index (χ3v) is 4.11. The molecule has 0 heterocycles. The van der Waals surface area contributed by atoms with Gasteiger partial charge in [0.15, 0.2) is 4.74 Å². The summed E-state index contributed by atoms with van der Waals surface area (Å²) in [6.07, 6.45) is 6.34. The quantitative estimate of drug-likeness (QED) is 0.601. The molecule has 1 aliphatic carbocycles. The summed E-state index contributed by atoms with van der Waals surface area (Å²) in [7, 11) is 2.21. The number of halogens is 1. The molecule has 0 amide bonds. The highest BCUT2D eigenvalue weighted by molar-refractivity contribution is 8.04. The van der Waals surface area contributed by atoms with Gasteiger partial charge in [-0.25, -0.2) is 4.39 Å². The van der Waals surface area contributed by atoms with E-state index in [9.17, 15) is 4.39 Å². The minimum Gasteiger partial charge on any atom is -0.326 e. The van der Waals surface area contributed by atoms with Crippen molar-refractivity contribution in [2.45, 2.75) is 42.7 Å². The summed E-state index contributed by atoms with van der Waals surface area (Å²) in [5.74, 6) is 0.581. The third-order valence-electron chi connectivity index (χ3n) is 2.46. The van der Waals surface area contributed by atoms with Crippen LogP contribution in [0.5, 0.6) is 0 Å². The smallest absolute Gasteiger partial charge is 0.166 e. The molecule has 1 aliphatic rings. The Kier molecular flexibility index (Phi) is 4.42. The van der Waals surface area contributed by atoms with Gasteiger partial charge in [0.2, 0.25) is 0 Å². The van der Waals surface area contributed by atoms with Crippen LogP contribution >= 0.6 is 21.0 Å². The summed E-state index contributed by atoms with van der Waals surface area (Å²) in [6, 6.07) is 0.0885. The summed E-state index contributed by atoms with van der Waals surface area (Å²) < 4.78 is 12.1. The molecular formula is C10H19FNPS. The van der Waals surface area contributed by atoms with E-state index in [4.69, 9.17) is 5.73 Å². The first-order chi connectivity index (χ1) is 6.42. The minimum absolute atomic E-state index is 0.0885. The van der Waals surface area contributed by atoms with Gasteiger partial charge in [-0.1, -0.05) is 28.3 Å². The average molecular weight is 235 g/mol. The topological polar surface area (TPSA) is 26.0 Å². The molecule has 0 aromatic heterocycles. The predicted molar refractivity (Wildman–Crippen MR) is 66.1 cm³/mol. The number of nitrogens with two attached hydrogens (primary N) is 1. The zero-order valence-electron chi connectivity index (χ0n) is 8.74. The second kappa shape index (κ2) is 4.96. The van der Waals surface area contributed by atoms with Gasteiger partial charge in [-0.3, -0.25) is 0 Å². The van der Waals surface area contributed by atoms with E-state index in [0.29, 0.717) is 5.92 Å². The lowest BCUT2D eigenvalue weighted by Crippen LogP contribution is -2.37. The van der Waals surface area contributed by atoms with Crippen LogP contribution in [-0.2, 0) is 0 Å². The monoisotopic (exact) mass is 235 g/mol. The molecular weight excluding hydrogens is 216 g/mol. The second-order valence-corrected chi connectivity index (χ2v) is 7.10. The molecule has 14 heavy (non-hydrogen) atoms. The highest BCUT2D eigenvalue weighted by Crippen LogP contribution is 2.40. The van der Waals surface area contributed by atoms with Gasteiger partial charge in [0.05, 0.1) is 0 Å². The zero-order chi connectivity index (χ0) is 10.8. The lowest BCUT2D eigenvalue weighted by molar-refractivity contribution is 0.433. The summed E-state index contributed by atoms with van der Waals surface area (Å²) >= 11 is 1.28. The molecule has 0 radical (unpaired) electrons. The molecule has 1 nitrogen and oxygen atoms in total. The van der Waals surface area contributed by atoms with Gasteiger partial charge in [0.1, 0.15) is 0 Å². The molecule has 0 fully saturated rings. The maximum atomic E-state index is 13.4. The predicted octanol–water partition coefficient (Wildman–Crippen LogP) is 2.92. The van der Waals surface area contributed by atoms with Gasteiger partial charge in [-0.05, 0) is 25.7 Å². The highest BCUT2D eigenvalue weighted by atomic mass is 32.2. The van der Waals surface area contributed by atoms with Crippen LogP contribution in [0.2, 0.25) is 0 Å². The van der Waals surface area contributed by atoms with E-state index < -0.39 is 4.74 Å². The van der Waals surface area contributed by atoms with Gasteiger partial charge >= 0.3 is 0 Å². The van der Waals surface area contributed by atoms with E-state index >= 15 is 0 Å². The maximum absolute atomic E-state index is 13.4. The van der Waals surface area contributed by atoms with E-state index in [2.05, 4.69) is 28.3 Å². The first-order valence-electron chi connectivity index (χ1n) is 5.02. The van der Waals surface area contributed by atoms with Crippen LogP contribution in [0.25, 0.3) is 0 Å². The molecule has 5 unspecified atom stereocenters. The molecule has 0 aliphatic heterocycles. The Morgan fingerprint density at radius 2 is 2.29 bits per heavy atom. The highest BCUT2D eigenvalue weighted by Gasteiger charge is 2.29. The molecule has 0 bridgehead atoms. The second-order valence-electron chi connectivity index (χ2n) is 4.02. The van der Waals surface area contributed by atoms with Crippen molar-refractivity contribution in [1.29, 1.82) is 0 Å². The van der Waals surface area contributed by atoms with Crippen LogP contribution in [0.4, 0.5) is 4.39 Å².